The summed E-state index contributed by atoms with van der Waals surface area (Å²) in [5.74, 6) is 1.29. The monoisotopic (exact) mass is 368 g/mol. The van der Waals surface area contributed by atoms with Crippen LogP contribution in [0.4, 0.5) is 0 Å². The van der Waals surface area contributed by atoms with Crippen molar-refractivity contribution in [2.75, 3.05) is 14.2 Å². The third-order valence-corrected chi connectivity index (χ3v) is 4.76. The van der Waals surface area contributed by atoms with E-state index >= 15 is 0 Å². The van der Waals surface area contributed by atoms with E-state index in [1.54, 1.807) is 25.6 Å². The van der Waals surface area contributed by atoms with Crippen LogP contribution in [0.1, 0.15) is 20.9 Å². The number of nitrogens with zero attached hydrogens (tertiary/aromatic N) is 1. The summed E-state index contributed by atoms with van der Waals surface area (Å²) in [5.41, 5.74) is 3.39. The van der Waals surface area contributed by atoms with Gasteiger partial charge in [-0.15, -0.1) is 11.3 Å². The van der Waals surface area contributed by atoms with Crippen LogP contribution in [0.15, 0.2) is 47.8 Å². The number of methoxy groups -OCH3 is 2. The smallest absolute Gasteiger partial charge is 0.251 e. The quantitative estimate of drug-likeness (QED) is 0.713. The van der Waals surface area contributed by atoms with Gasteiger partial charge in [0.2, 0.25) is 0 Å². The number of aromatic nitrogens is 1. The van der Waals surface area contributed by atoms with Crippen molar-refractivity contribution in [3.05, 3.63) is 64.0 Å². The van der Waals surface area contributed by atoms with Crippen molar-refractivity contribution in [1.29, 1.82) is 0 Å². The lowest BCUT2D eigenvalue weighted by atomic mass is 10.1. The summed E-state index contributed by atoms with van der Waals surface area (Å²) in [7, 11) is 3.21. The molecule has 1 amide bonds. The van der Waals surface area contributed by atoms with E-state index in [0.29, 0.717) is 17.9 Å². The van der Waals surface area contributed by atoms with E-state index in [1.165, 1.54) is 0 Å². The highest BCUT2D eigenvalue weighted by Gasteiger charge is 2.10. The zero-order valence-corrected chi connectivity index (χ0v) is 15.7. The number of carbonyl (C=O) groups is 1. The normalized spacial score (nSPS) is 10.4. The number of nitrogens with one attached hydrogen (secondary N) is 1. The van der Waals surface area contributed by atoms with Crippen LogP contribution in [-0.4, -0.2) is 25.1 Å². The van der Waals surface area contributed by atoms with E-state index in [0.717, 1.165) is 27.6 Å². The highest BCUT2D eigenvalue weighted by Crippen LogP contribution is 2.24. The van der Waals surface area contributed by atoms with E-state index < -0.39 is 0 Å². The Labute approximate surface area is 156 Å². The number of hydrogen-bond donors (Lipinski definition) is 1. The summed E-state index contributed by atoms with van der Waals surface area (Å²) in [6.07, 6.45) is 0. The van der Waals surface area contributed by atoms with Crippen molar-refractivity contribution in [2.24, 2.45) is 0 Å². The molecule has 0 unspecified atom stereocenters. The molecule has 1 aromatic heterocycles. The summed E-state index contributed by atoms with van der Waals surface area (Å²) in [5, 5.41) is 5.95. The standard InChI is InChI=1S/C20H20N2O3S/c1-13-22-18(12-26-13)14-4-6-15(7-5-14)20(23)21-11-16-10-17(24-2)8-9-19(16)25-3/h4-10,12H,11H2,1-3H3,(H,21,23). The van der Waals surface area contributed by atoms with Gasteiger partial charge in [-0.3, -0.25) is 4.79 Å². The minimum atomic E-state index is -0.143. The van der Waals surface area contributed by atoms with Crippen LogP contribution < -0.4 is 14.8 Å². The van der Waals surface area contributed by atoms with Gasteiger partial charge in [0, 0.05) is 28.6 Å². The van der Waals surface area contributed by atoms with Gasteiger partial charge in [0.15, 0.2) is 0 Å². The highest BCUT2D eigenvalue weighted by molar-refractivity contribution is 7.09. The Balaban J connectivity index is 1.69. The van der Waals surface area contributed by atoms with Gasteiger partial charge in [-0.1, -0.05) is 12.1 Å². The molecular formula is C20H20N2O3S. The van der Waals surface area contributed by atoms with Crippen molar-refractivity contribution >= 4 is 17.2 Å². The molecule has 0 saturated carbocycles. The van der Waals surface area contributed by atoms with Crippen LogP contribution in [0.3, 0.4) is 0 Å². The lowest BCUT2D eigenvalue weighted by Gasteiger charge is -2.11. The minimum absolute atomic E-state index is 0.143. The molecular weight excluding hydrogens is 348 g/mol. The zero-order valence-electron chi connectivity index (χ0n) is 14.9. The second-order valence-electron chi connectivity index (χ2n) is 5.69. The van der Waals surface area contributed by atoms with Crippen LogP contribution in [0.5, 0.6) is 11.5 Å². The lowest BCUT2D eigenvalue weighted by molar-refractivity contribution is 0.0950. The predicted molar refractivity (Wildman–Crippen MR) is 103 cm³/mol. The highest BCUT2D eigenvalue weighted by atomic mass is 32.1. The van der Waals surface area contributed by atoms with Crippen LogP contribution in [0.2, 0.25) is 0 Å². The summed E-state index contributed by atoms with van der Waals surface area (Å²) in [4.78, 5) is 16.9. The van der Waals surface area contributed by atoms with Crippen molar-refractivity contribution in [3.63, 3.8) is 0 Å². The molecule has 3 rings (SSSR count). The average molecular weight is 368 g/mol. The van der Waals surface area contributed by atoms with Gasteiger partial charge < -0.3 is 14.8 Å². The first kappa shape index (κ1) is 17.9. The van der Waals surface area contributed by atoms with Gasteiger partial charge >= 0.3 is 0 Å². The second-order valence-corrected chi connectivity index (χ2v) is 6.75. The van der Waals surface area contributed by atoms with E-state index in [4.69, 9.17) is 9.47 Å². The molecule has 0 aliphatic rings. The van der Waals surface area contributed by atoms with Gasteiger partial charge in [0.25, 0.3) is 5.91 Å². The molecule has 0 fully saturated rings. The number of aryl methyl sites for hydroxylation is 1. The van der Waals surface area contributed by atoms with E-state index in [2.05, 4.69) is 10.3 Å². The number of benzene rings is 2. The third-order valence-electron chi connectivity index (χ3n) is 3.99. The maximum Gasteiger partial charge on any atom is 0.251 e. The van der Waals surface area contributed by atoms with E-state index in [9.17, 15) is 4.79 Å². The molecule has 3 aromatic rings. The van der Waals surface area contributed by atoms with Crippen molar-refractivity contribution in [2.45, 2.75) is 13.5 Å². The Bertz CT molecular complexity index is 904. The molecule has 0 aliphatic carbocycles. The Morgan fingerprint density at radius 2 is 1.88 bits per heavy atom. The summed E-state index contributed by atoms with van der Waals surface area (Å²) < 4.78 is 10.6. The fraction of sp³-hybridized carbons (Fsp3) is 0.200. The molecule has 2 aromatic carbocycles. The molecule has 0 bridgehead atoms. The Morgan fingerprint density at radius 1 is 1.12 bits per heavy atom. The number of carbonyl (C=O) groups excluding carboxylic acids is 1. The summed E-state index contributed by atoms with van der Waals surface area (Å²) in [6, 6.07) is 12.9. The maximum absolute atomic E-state index is 12.4. The van der Waals surface area contributed by atoms with Gasteiger partial charge in [0.1, 0.15) is 11.5 Å². The van der Waals surface area contributed by atoms with Gasteiger partial charge in [-0.2, -0.15) is 0 Å². The van der Waals surface area contributed by atoms with E-state index in [-0.39, 0.29) is 5.91 Å². The van der Waals surface area contributed by atoms with Crippen LogP contribution in [0, 0.1) is 6.92 Å². The number of ether oxygens (including phenoxy) is 2. The molecule has 0 saturated heterocycles. The van der Waals surface area contributed by atoms with Crippen molar-refractivity contribution in [1.82, 2.24) is 10.3 Å². The molecule has 0 radical (unpaired) electrons. The molecule has 6 heteroatoms. The first-order valence-electron chi connectivity index (χ1n) is 8.12. The average Bonchev–Trinajstić information content (AvgIpc) is 3.12. The molecule has 5 nitrogen and oxygen atoms in total. The first-order chi connectivity index (χ1) is 12.6. The fourth-order valence-corrected chi connectivity index (χ4v) is 3.21. The number of amides is 1. The van der Waals surface area contributed by atoms with Gasteiger partial charge in [-0.05, 0) is 37.3 Å². The zero-order chi connectivity index (χ0) is 18.5. The molecule has 0 spiro atoms. The topological polar surface area (TPSA) is 60.5 Å². The van der Waals surface area contributed by atoms with Gasteiger partial charge in [0.05, 0.1) is 24.9 Å². The first-order valence-corrected chi connectivity index (χ1v) is 9.00. The van der Waals surface area contributed by atoms with E-state index in [1.807, 2.05) is 54.8 Å². The number of hydrogen-bond acceptors (Lipinski definition) is 5. The van der Waals surface area contributed by atoms with Crippen LogP contribution in [-0.2, 0) is 6.54 Å². The molecule has 0 atom stereocenters. The van der Waals surface area contributed by atoms with Crippen molar-refractivity contribution < 1.29 is 14.3 Å². The predicted octanol–water partition coefficient (Wildman–Crippen LogP) is 4.07. The molecule has 26 heavy (non-hydrogen) atoms. The molecule has 1 heterocycles. The molecule has 1 N–H and O–H groups in total. The SMILES string of the molecule is COc1ccc(OC)c(CNC(=O)c2ccc(-c3csc(C)n3)cc2)c1. The number of rotatable bonds is 6. The lowest BCUT2D eigenvalue weighted by Crippen LogP contribution is -2.23. The fourth-order valence-electron chi connectivity index (χ4n) is 2.59. The van der Waals surface area contributed by atoms with Crippen LogP contribution in [0.25, 0.3) is 11.3 Å². The third kappa shape index (κ3) is 4.03. The Morgan fingerprint density at radius 3 is 2.50 bits per heavy atom. The number of thiazole rings is 1. The van der Waals surface area contributed by atoms with Crippen molar-refractivity contribution in [3.8, 4) is 22.8 Å². The molecule has 0 aliphatic heterocycles. The maximum atomic E-state index is 12.4. The Kier molecular flexibility index (Phi) is 5.53. The van der Waals surface area contributed by atoms with Gasteiger partial charge in [-0.25, -0.2) is 4.98 Å². The second kappa shape index (κ2) is 8.01. The van der Waals surface area contributed by atoms with Crippen LogP contribution >= 0.6 is 11.3 Å². The Hall–Kier alpha value is -2.86. The minimum Gasteiger partial charge on any atom is -0.497 e. The summed E-state index contributed by atoms with van der Waals surface area (Å²) >= 11 is 1.61. The molecule has 134 valence electrons. The largest absolute Gasteiger partial charge is 0.497 e. The summed E-state index contributed by atoms with van der Waals surface area (Å²) in [6.45, 7) is 2.33.